The van der Waals surface area contributed by atoms with E-state index in [1.165, 1.54) is 0 Å². The van der Waals surface area contributed by atoms with Crippen molar-refractivity contribution in [2.75, 3.05) is 30.4 Å². The summed E-state index contributed by atoms with van der Waals surface area (Å²) in [5.41, 5.74) is 4.43. The molecule has 6 rings (SSSR count). The van der Waals surface area contributed by atoms with Gasteiger partial charge >= 0.3 is 0 Å². The number of aromatic nitrogens is 4. The van der Waals surface area contributed by atoms with Gasteiger partial charge in [-0.25, -0.2) is 9.97 Å². The number of nitrogens with zero attached hydrogens (tertiary/aromatic N) is 5. The quantitative estimate of drug-likeness (QED) is 0.445. The van der Waals surface area contributed by atoms with Crippen LogP contribution in [0.4, 0.5) is 11.6 Å². The molecule has 1 saturated carbocycles. The molecular weight excluding hydrogens is 416 g/mol. The van der Waals surface area contributed by atoms with Gasteiger partial charge < -0.3 is 20.9 Å². The van der Waals surface area contributed by atoms with Crippen LogP contribution < -0.4 is 20.9 Å². The second-order valence-electron chi connectivity index (χ2n) is 9.29. The Morgan fingerprint density at radius 1 is 1.09 bits per heavy atom. The topological polar surface area (TPSA) is 99.5 Å². The molecule has 1 aliphatic heterocycles. The Hall–Kier alpha value is -3.46. The van der Waals surface area contributed by atoms with E-state index in [9.17, 15) is 4.79 Å². The van der Waals surface area contributed by atoms with Crippen LogP contribution in [0.25, 0.3) is 27.7 Å². The predicted molar refractivity (Wildman–Crippen MR) is 130 cm³/mol. The first-order chi connectivity index (χ1) is 16.0. The molecule has 9 nitrogen and oxygen atoms in total. The summed E-state index contributed by atoms with van der Waals surface area (Å²) in [6.07, 6.45) is 4.04. The Morgan fingerprint density at radius 3 is 2.58 bits per heavy atom. The highest BCUT2D eigenvalue weighted by atomic mass is 16.1. The number of piperazine rings is 1. The number of imidazole rings is 1. The van der Waals surface area contributed by atoms with E-state index < -0.39 is 0 Å². The molecule has 1 aliphatic carbocycles. The third-order valence-electron chi connectivity index (χ3n) is 6.49. The third-order valence-corrected chi connectivity index (χ3v) is 6.49. The Kier molecular flexibility index (Phi) is 4.62. The Morgan fingerprint density at radius 2 is 1.85 bits per heavy atom. The molecule has 2 fully saturated rings. The third kappa shape index (κ3) is 3.34. The van der Waals surface area contributed by atoms with Crippen molar-refractivity contribution >= 4 is 45.3 Å². The lowest BCUT2D eigenvalue weighted by molar-refractivity contribution is 0.0965. The average molecular weight is 445 g/mol. The molecule has 9 heteroatoms. The molecule has 33 heavy (non-hydrogen) atoms. The number of hydrogen-bond acceptors (Lipinski definition) is 7. The maximum atomic E-state index is 13.1. The SMILES string of the molecule is CNC(=O)c1c(NC2CC2)c2cnc(N3CC(C)NC(C)C3)nc2n2c1nc1ccccc12. The predicted octanol–water partition coefficient (Wildman–Crippen LogP) is 2.55. The van der Waals surface area contributed by atoms with E-state index in [-0.39, 0.29) is 5.91 Å². The van der Waals surface area contributed by atoms with Crippen molar-refractivity contribution in [3.8, 4) is 0 Å². The number of anilines is 2. The lowest BCUT2D eigenvalue weighted by Gasteiger charge is -2.36. The van der Waals surface area contributed by atoms with Crippen LogP contribution in [0.3, 0.4) is 0 Å². The normalized spacial score (nSPS) is 21.1. The molecule has 0 spiro atoms. The number of nitrogens with one attached hydrogen (secondary N) is 3. The average Bonchev–Trinajstić information content (AvgIpc) is 3.54. The number of carbonyl (C=O) groups is 1. The Bertz CT molecular complexity index is 1380. The molecule has 1 saturated heterocycles. The fraction of sp³-hybridized carbons (Fsp3) is 0.417. The highest BCUT2D eigenvalue weighted by Gasteiger charge is 2.30. The summed E-state index contributed by atoms with van der Waals surface area (Å²) < 4.78 is 2.01. The lowest BCUT2D eigenvalue weighted by atomic mass is 10.1. The van der Waals surface area contributed by atoms with Crippen molar-refractivity contribution in [1.82, 2.24) is 30.0 Å². The van der Waals surface area contributed by atoms with Crippen molar-refractivity contribution in [1.29, 1.82) is 0 Å². The van der Waals surface area contributed by atoms with Gasteiger partial charge in [0.1, 0.15) is 5.56 Å². The van der Waals surface area contributed by atoms with Crippen LogP contribution >= 0.6 is 0 Å². The van der Waals surface area contributed by atoms with E-state index in [1.807, 2.05) is 34.9 Å². The van der Waals surface area contributed by atoms with Gasteiger partial charge in [0.25, 0.3) is 5.91 Å². The summed E-state index contributed by atoms with van der Waals surface area (Å²) in [6, 6.07) is 9.00. The van der Waals surface area contributed by atoms with E-state index in [0.717, 1.165) is 53.7 Å². The first kappa shape index (κ1) is 20.2. The Labute approximate surface area is 191 Å². The molecule has 4 heterocycles. The number of pyridine rings is 1. The van der Waals surface area contributed by atoms with Crippen molar-refractivity contribution in [3.05, 3.63) is 36.0 Å². The van der Waals surface area contributed by atoms with Gasteiger partial charge in [0.2, 0.25) is 5.95 Å². The molecule has 2 aliphatic rings. The monoisotopic (exact) mass is 444 g/mol. The summed E-state index contributed by atoms with van der Waals surface area (Å²) in [7, 11) is 1.65. The van der Waals surface area contributed by atoms with Gasteiger partial charge in [-0.3, -0.25) is 9.20 Å². The van der Waals surface area contributed by atoms with Gasteiger partial charge in [-0.1, -0.05) is 12.1 Å². The van der Waals surface area contributed by atoms with Gasteiger partial charge in [0.15, 0.2) is 11.3 Å². The molecule has 1 amide bonds. The first-order valence-electron chi connectivity index (χ1n) is 11.6. The fourth-order valence-corrected chi connectivity index (χ4v) is 4.93. The summed E-state index contributed by atoms with van der Waals surface area (Å²) in [6.45, 7) is 6.04. The minimum Gasteiger partial charge on any atom is -0.381 e. The second-order valence-corrected chi connectivity index (χ2v) is 9.29. The lowest BCUT2D eigenvalue weighted by Crippen LogP contribution is -2.54. The minimum absolute atomic E-state index is 0.172. The fourth-order valence-electron chi connectivity index (χ4n) is 4.93. The van der Waals surface area contributed by atoms with E-state index >= 15 is 0 Å². The number of fused-ring (bicyclic) bond motifs is 5. The zero-order valence-corrected chi connectivity index (χ0v) is 19.1. The molecule has 2 unspecified atom stereocenters. The number of rotatable bonds is 4. The number of para-hydroxylation sites is 2. The van der Waals surface area contributed by atoms with Crippen LogP contribution in [0, 0.1) is 0 Å². The molecule has 3 aromatic heterocycles. The number of hydrogen-bond donors (Lipinski definition) is 3. The van der Waals surface area contributed by atoms with Gasteiger partial charge in [0.05, 0.1) is 22.1 Å². The zero-order chi connectivity index (χ0) is 22.7. The Balaban J connectivity index is 1.67. The van der Waals surface area contributed by atoms with E-state index in [4.69, 9.17) is 15.0 Å². The van der Waals surface area contributed by atoms with Crippen molar-refractivity contribution < 1.29 is 4.79 Å². The summed E-state index contributed by atoms with van der Waals surface area (Å²) in [4.78, 5) is 30.0. The molecule has 0 bridgehead atoms. The largest absolute Gasteiger partial charge is 0.381 e. The molecule has 1 aromatic carbocycles. The number of carbonyl (C=O) groups excluding carboxylic acids is 1. The van der Waals surface area contributed by atoms with E-state index in [2.05, 4.69) is 34.7 Å². The van der Waals surface area contributed by atoms with Crippen molar-refractivity contribution in [2.24, 2.45) is 0 Å². The van der Waals surface area contributed by atoms with Crippen molar-refractivity contribution in [2.45, 2.75) is 44.8 Å². The molecular formula is C24H28N8O. The van der Waals surface area contributed by atoms with E-state index in [1.54, 1.807) is 7.05 Å². The maximum absolute atomic E-state index is 13.1. The van der Waals surface area contributed by atoms with Crippen molar-refractivity contribution in [3.63, 3.8) is 0 Å². The van der Waals surface area contributed by atoms with Gasteiger partial charge in [-0.15, -0.1) is 0 Å². The van der Waals surface area contributed by atoms with Crippen LogP contribution in [0.2, 0.25) is 0 Å². The number of benzene rings is 1. The van der Waals surface area contributed by atoms with Crippen LogP contribution in [-0.4, -0.2) is 63.5 Å². The first-order valence-corrected chi connectivity index (χ1v) is 11.6. The summed E-state index contributed by atoms with van der Waals surface area (Å²) in [5.74, 6) is 0.529. The minimum atomic E-state index is -0.172. The van der Waals surface area contributed by atoms with Crippen LogP contribution in [0.1, 0.15) is 37.0 Å². The molecule has 2 atom stereocenters. The zero-order valence-electron chi connectivity index (χ0n) is 19.1. The van der Waals surface area contributed by atoms with Crippen LogP contribution in [-0.2, 0) is 0 Å². The smallest absolute Gasteiger partial charge is 0.256 e. The van der Waals surface area contributed by atoms with Crippen LogP contribution in [0.15, 0.2) is 30.5 Å². The van der Waals surface area contributed by atoms with Crippen LogP contribution in [0.5, 0.6) is 0 Å². The summed E-state index contributed by atoms with van der Waals surface area (Å²) in [5, 5.41) is 10.8. The highest BCUT2D eigenvalue weighted by molar-refractivity contribution is 6.13. The standard InChI is InChI=1S/C24H28N8O/c1-13-11-31(12-14(2)27-13)24-26-10-16-20(28-15-8-9-15)19(23(33)25-3)22-29-17-6-4-5-7-18(17)32(22)21(16)30-24/h4-7,10,13-15,27-28H,8-9,11-12H2,1-3H3,(H,25,33). The molecule has 4 aromatic rings. The maximum Gasteiger partial charge on any atom is 0.256 e. The second kappa shape index (κ2) is 7.55. The highest BCUT2D eigenvalue weighted by Crippen LogP contribution is 2.36. The molecule has 3 N–H and O–H groups in total. The van der Waals surface area contributed by atoms with Gasteiger partial charge in [-0.05, 0) is 38.8 Å². The van der Waals surface area contributed by atoms with E-state index in [0.29, 0.717) is 35.3 Å². The van der Waals surface area contributed by atoms with Gasteiger partial charge in [-0.2, -0.15) is 4.98 Å². The number of amides is 1. The molecule has 170 valence electrons. The molecule has 0 radical (unpaired) electrons. The summed E-state index contributed by atoms with van der Waals surface area (Å²) >= 11 is 0. The van der Waals surface area contributed by atoms with Gasteiger partial charge in [0, 0.05) is 44.5 Å².